The van der Waals surface area contributed by atoms with Crippen LogP contribution < -0.4 is 10.6 Å². The van der Waals surface area contributed by atoms with Crippen LogP contribution in [0.5, 0.6) is 0 Å². The second-order valence-corrected chi connectivity index (χ2v) is 3.80. The van der Waals surface area contributed by atoms with Gasteiger partial charge in [0.25, 0.3) is 0 Å². The molecule has 2 N–H and O–H groups in total. The van der Waals surface area contributed by atoms with Crippen LogP contribution in [0.2, 0.25) is 0 Å². The molecule has 74 valence electrons. The van der Waals surface area contributed by atoms with Crippen LogP contribution in [0.25, 0.3) is 0 Å². The molecule has 1 rings (SSSR count). The van der Waals surface area contributed by atoms with Gasteiger partial charge in [0.05, 0.1) is 0 Å². The smallest absolute Gasteiger partial charge is 0.244 e. The lowest BCUT2D eigenvalue weighted by atomic mass is 9.90. The van der Waals surface area contributed by atoms with Gasteiger partial charge in [0.2, 0.25) is 5.91 Å². The van der Waals surface area contributed by atoms with Crippen LogP contribution in [-0.2, 0) is 4.79 Å². The molecule has 0 aromatic rings. The molecule has 0 unspecified atom stereocenters. The first-order valence-corrected chi connectivity index (χ1v) is 4.82. The second kappa shape index (κ2) is 4.42. The van der Waals surface area contributed by atoms with E-state index in [1.54, 1.807) is 12.2 Å². The third-order valence-corrected chi connectivity index (χ3v) is 2.45. The fourth-order valence-electron chi connectivity index (χ4n) is 1.59. The minimum atomic E-state index is -0.0121. The maximum absolute atomic E-state index is 11.3. The van der Waals surface area contributed by atoms with Crippen molar-refractivity contribution in [2.45, 2.75) is 32.2 Å². The Kier molecular flexibility index (Phi) is 3.48. The highest BCUT2D eigenvalue weighted by Gasteiger charge is 2.27. The molecule has 0 saturated carbocycles. The van der Waals surface area contributed by atoms with Crippen molar-refractivity contribution >= 4 is 5.91 Å². The van der Waals surface area contributed by atoms with E-state index in [4.69, 9.17) is 0 Å². The molecule has 1 saturated heterocycles. The average Bonchev–Trinajstić information content (AvgIpc) is 2.04. The van der Waals surface area contributed by atoms with Crippen LogP contribution >= 0.6 is 0 Å². The van der Waals surface area contributed by atoms with Gasteiger partial charge in [0.15, 0.2) is 0 Å². The quantitative estimate of drug-likeness (QED) is 0.621. The standard InChI is InChI=1S/C10H18N2O/c1-3-4-9(13)12-10(2)5-7-11-8-6-10/h3-4,11H,5-8H2,1-2H3,(H,12,13)/b4-3+. The molecule has 0 spiro atoms. The fraction of sp³-hybridized carbons (Fsp3) is 0.700. The maximum atomic E-state index is 11.3. The fourth-order valence-corrected chi connectivity index (χ4v) is 1.59. The Balaban J connectivity index is 2.45. The highest BCUT2D eigenvalue weighted by molar-refractivity contribution is 5.87. The van der Waals surface area contributed by atoms with E-state index in [0.717, 1.165) is 25.9 Å². The summed E-state index contributed by atoms with van der Waals surface area (Å²) in [7, 11) is 0. The van der Waals surface area contributed by atoms with E-state index in [9.17, 15) is 4.79 Å². The Bertz CT molecular complexity index is 205. The van der Waals surface area contributed by atoms with Gasteiger partial charge >= 0.3 is 0 Å². The molecule has 0 aromatic heterocycles. The van der Waals surface area contributed by atoms with Crippen LogP contribution in [0.3, 0.4) is 0 Å². The van der Waals surface area contributed by atoms with Gasteiger partial charge in [-0.15, -0.1) is 0 Å². The lowest BCUT2D eigenvalue weighted by molar-refractivity contribution is -0.118. The number of rotatable bonds is 2. The van der Waals surface area contributed by atoms with Crippen LogP contribution in [0.15, 0.2) is 12.2 Å². The van der Waals surface area contributed by atoms with Gasteiger partial charge in [0, 0.05) is 5.54 Å². The van der Waals surface area contributed by atoms with Gasteiger partial charge in [-0.05, 0) is 45.9 Å². The molecule has 1 heterocycles. The number of amides is 1. The van der Waals surface area contributed by atoms with Crippen molar-refractivity contribution in [3.05, 3.63) is 12.2 Å². The molecule has 0 atom stereocenters. The Morgan fingerprint density at radius 1 is 1.46 bits per heavy atom. The predicted octanol–water partition coefficient (Wildman–Crippen LogP) is 0.821. The first kappa shape index (κ1) is 10.3. The van der Waals surface area contributed by atoms with Crippen molar-refractivity contribution in [3.8, 4) is 0 Å². The molecule has 3 heteroatoms. The molecule has 0 bridgehead atoms. The number of hydrogen-bond acceptors (Lipinski definition) is 2. The van der Waals surface area contributed by atoms with Gasteiger partial charge < -0.3 is 10.6 Å². The zero-order chi connectivity index (χ0) is 9.73. The minimum Gasteiger partial charge on any atom is -0.347 e. The predicted molar refractivity (Wildman–Crippen MR) is 53.5 cm³/mol. The molecule has 3 nitrogen and oxygen atoms in total. The summed E-state index contributed by atoms with van der Waals surface area (Å²) in [4.78, 5) is 11.3. The summed E-state index contributed by atoms with van der Waals surface area (Å²) in [6.45, 7) is 5.94. The maximum Gasteiger partial charge on any atom is 0.244 e. The molecule has 1 amide bonds. The van der Waals surface area contributed by atoms with Crippen molar-refractivity contribution in [2.75, 3.05) is 13.1 Å². The summed E-state index contributed by atoms with van der Waals surface area (Å²) in [6.07, 6.45) is 5.36. The van der Waals surface area contributed by atoms with E-state index >= 15 is 0 Å². The summed E-state index contributed by atoms with van der Waals surface area (Å²) in [6, 6.07) is 0. The monoisotopic (exact) mass is 182 g/mol. The molecule has 0 radical (unpaired) electrons. The van der Waals surface area contributed by atoms with Crippen LogP contribution in [0.4, 0.5) is 0 Å². The van der Waals surface area contributed by atoms with E-state index in [0.29, 0.717) is 0 Å². The van der Waals surface area contributed by atoms with Gasteiger partial charge in [-0.2, -0.15) is 0 Å². The third kappa shape index (κ3) is 3.19. The van der Waals surface area contributed by atoms with E-state index in [2.05, 4.69) is 17.6 Å². The zero-order valence-electron chi connectivity index (χ0n) is 8.39. The minimum absolute atomic E-state index is 0.0121. The number of carbonyl (C=O) groups excluding carboxylic acids is 1. The number of allylic oxidation sites excluding steroid dienone is 1. The first-order chi connectivity index (χ1) is 6.16. The Morgan fingerprint density at radius 2 is 2.08 bits per heavy atom. The van der Waals surface area contributed by atoms with E-state index in [-0.39, 0.29) is 11.4 Å². The van der Waals surface area contributed by atoms with E-state index in [1.165, 1.54) is 0 Å². The molecule has 1 fully saturated rings. The van der Waals surface area contributed by atoms with E-state index < -0.39 is 0 Å². The van der Waals surface area contributed by atoms with Crippen molar-refractivity contribution in [1.29, 1.82) is 0 Å². The lowest BCUT2D eigenvalue weighted by Crippen LogP contribution is -2.51. The van der Waals surface area contributed by atoms with Crippen molar-refractivity contribution in [2.24, 2.45) is 0 Å². The third-order valence-electron chi connectivity index (χ3n) is 2.45. The molecule has 0 aliphatic carbocycles. The number of carbonyl (C=O) groups is 1. The van der Waals surface area contributed by atoms with Crippen molar-refractivity contribution in [3.63, 3.8) is 0 Å². The number of piperidine rings is 1. The highest BCUT2D eigenvalue weighted by Crippen LogP contribution is 2.16. The summed E-state index contributed by atoms with van der Waals surface area (Å²) < 4.78 is 0. The molecule has 13 heavy (non-hydrogen) atoms. The Morgan fingerprint density at radius 3 is 2.62 bits per heavy atom. The van der Waals surface area contributed by atoms with E-state index in [1.807, 2.05) is 6.92 Å². The highest BCUT2D eigenvalue weighted by atomic mass is 16.1. The van der Waals surface area contributed by atoms with Gasteiger partial charge in [-0.3, -0.25) is 4.79 Å². The van der Waals surface area contributed by atoms with Crippen molar-refractivity contribution < 1.29 is 4.79 Å². The first-order valence-electron chi connectivity index (χ1n) is 4.82. The lowest BCUT2D eigenvalue weighted by Gasteiger charge is -2.34. The van der Waals surface area contributed by atoms with Crippen molar-refractivity contribution in [1.82, 2.24) is 10.6 Å². The van der Waals surface area contributed by atoms with Gasteiger partial charge in [-0.1, -0.05) is 6.08 Å². The SMILES string of the molecule is C/C=C/C(=O)NC1(C)CCNCC1. The normalized spacial score (nSPS) is 21.7. The summed E-state index contributed by atoms with van der Waals surface area (Å²) in [5, 5.41) is 6.31. The Labute approximate surface area is 79.6 Å². The summed E-state index contributed by atoms with van der Waals surface area (Å²) in [5.41, 5.74) is -0.0121. The molecule has 1 aliphatic rings. The Hall–Kier alpha value is -0.830. The summed E-state index contributed by atoms with van der Waals surface area (Å²) >= 11 is 0. The molecule has 0 aromatic carbocycles. The topological polar surface area (TPSA) is 41.1 Å². The summed E-state index contributed by atoms with van der Waals surface area (Å²) in [5.74, 6) is 0.0203. The van der Waals surface area contributed by atoms with Crippen LogP contribution in [0, 0.1) is 0 Å². The molecular formula is C10H18N2O. The largest absolute Gasteiger partial charge is 0.347 e. The molecule has 1 aliphatic heterocycles. The van der Waals surface area contributed by atoms with Crippen LogP contribution in [-0.4, -0.2) is 24.5 Å². The van der Waals surface area contributed by atoms with Gasteiger partial charge in [0.1, 0.15) is 0 Å². The molecular weight excluding hydrogens is 164 g/mol. The second-order valence-electron chi connectivity index (χ2n) is 3.80. The number of hydrogen-bond donors (Lipinski definition) is 2. The number of nitrogens with one attached hydrogen (secondary N) is 2. The average molecular weight is 182 g/mol. The van der Waals surface area contributed by atoms with Crippen LogP contribution in [0.1, 0.15) is 26.7 Å². The van der Waals surface area contributed by atoms with Gasteiger partial charge in [-0.25, -0.2) is 0 Å². The zero-order valence-corrected chi connectivity index (χ0v) is 8.39.